The van der Waals surface area contributed by atoms with E-state index in [9.17, 15) is 4.79 Å². The van der Waals surface area contributed by atoms with Gasteiger partial charge >= 0.3 is 0 Å². The third-order valence-electron chi connectivity index (χ3n) is 3.99. The lowest BCUT2D eigenvalue weighted by Crippen LogP contribution is -2.26. The normalized spacial score (nSPS) is 12.6. The maximum Gasteiger partial charge on any atom is 0.268 e. The molecule has 4 heteroatoms. The van der Waals surface area contributed by atoms with Gasteiger partial charge in [0, 0.05) is 16.3 Å². The number of furan rings is 1. The Kier molecular flexibility index (Phi) is 3.15. The molecule has 0 aliphatic heterocycles. The molecule has 0 aliphatic rings. The summed E-state index contributed by atoms with van der Waals surface area (Å²) in [5.74, 6) is 0.602. The summed E-state index contributed by atoms with van der Waals surface area (Å²) in [6.45, 7) is 1.91. The molecular weight excluding hydrogens is 288 g/mol. The van der Waals surface area contributed by atoms with Crippen molar-refractivity contribution in [3.8, 4) is 0 Å². The molecule has 23 heavy (non-hydrogen) atoms. The van der Waals surface area contributed by atoms with Crippen LogP contribution in [-0.4, -0.2) is 10.9 Å². The van der Waals surface area contributed by atoms with E-state index in [1.165, 1.54) is 0 Å². The number of hydrogen-bond acceptors (Lipinski definition) is 2. The Hall–Kier alpha value is -3.01. The average Bonchev–Trinajstić information content (AvgIpc) is 3.18. The van der Waals surface area contributed by atoms with E-state index in [-0.39, 0.29) is 11.9 Å². The van der Waals surface area contributed by atoms with Gasteiger partial charge in [-0.15, -0.1) is 0 Å². The van der Waals surface area contributed by atoms with Gasteiger partial charge in [0.2, 0.25) is 0 Å². The minimum atomic E-state index is -0.207. The Morgan fingerprint density at radius 1 is 1.04 bits per heavy atom. The second kappa shape index (κ2) is 5.32. The number of carbonyl (C=O) groups is 1. The first kappa shape index (κ1) is 13.6. The molecule has 0 unspecified atom stereocenters. The largest absolute Gasteiger partial charge is 0.459 e. The number of rotatable bonds is 3. The molecule has 0 radical (unpaired) electrons. The maximum atomic E-state index is 12.4. The van der Waals surface area contributed by atoms with Crippen molar-refractivity contribution in [1.82, 2.24) is 10.3 Å². The van der Waals surface area contributed by atoms with Gasteiger partial charge in [-0.2, -0.15) is 0 Å². The quantitative estimate of drug-likeness (QED) is 0.589. The van der Waals surface area contributed by atoms with E-state index in [0.717, 1.165) is 27.6 Å². The lowest BCUT2D eigenvalue weighted by atomic mass is 10.2. The van der Waals surface area contributed by atoms with Crippen LogP contribution >= 0.6 is 0 Å². The zero-order valence-electron chi connectivity index (χ0n) is 12.7. The first-order valence-corrected chi connectivity index (χ1v) is 7.58. The van der Waals surface area contributed by atoms with Gasteiger partial charge in [0.15, 0.2) is 0 Å². The van der Waals surface area contributed by atoms with Gasteiger partial charge in [-0.05, 0) is 31.2 Å². The molecule has 2 aromatic heterocycles. The van der Waals surface area contributed by atoms with Crippen LogP contribution in [0, 0.1) is 0 Å². The summed E-state index contributed by atoms with van der Waals surface area (Å²) >= 11 is 0. The van der Waals surface area contributed by atoms with Crippen molar-refractivity contribution in [2.45, 2.75) is 13.0 Å². The highest BCUT2D eigenvalue weighted by atomic mass is 16.3. The van der Waals surface area contributed by atoms with Crippen LogP contribution in [-0.2, 0) is 0 Å². The molecule has 2 heterocycles. The zero-order valence-corrected chi connectivity index (χ0v) is 12.7. The topological polar surface area (TPSA) is 58.0 Å². The van der Waals surface area contributed by atoms with Crippen molar-refractivity contribution in [2.75, 3.05) is 0 Å². The molecule has 4 rings (SSSR count). The predicted octanol–water partition coefficient (Wildman–Crippen LogP) is 4.41. The monoisotopic (exact) mass is 304 g/mol. The van der Waals surface area contributed by atoms with Crippen LogP contribution < -0.4 is 5.32 Å². The number of fused-ring (bicyclic) bond motifs is 2. The highest BCUT2D eigenvalue weighted by Gasteiger charge is 2.16. The van der Waals surface area contributed by atoms with Crippen LogP contribution in [0.5, 0.6) is 0 Å². The predicted molar refractivity (Wildman–Crippen MR) is 90.4 cm³/mol. The number of H-pyrrole nitrogens is 1. The van der Waals surface area contributed by atoms with Crippen LogP contribution in [0.25, 0.3) is 21.9 Å². The van der Waals surface area contributed by atoms with Crippen molar-refractivity contribution in [2.24, 2.45) is 0 Å². The van der Waals surface area contributed by atoms with Gasteiger partial charge < -0.3 is 14.7 Å². The molecule has 0 saturated carbocycles. The lowest BCUT2D eigenvalue weighted by molar-refractivity contribution is 0.0931. The van der Waals surface area contributed by atoms with Gasteiger partial charge in [-0.1, -0.05) is 36.4 Å². The fourth-order valence-corrected chi connectivity index (χ4v) is 2.76. The summed E-state index contributed by atoms with van der Waals surface area (Å²) in [7, 11) is 0. The minimum Gasteiger partial charge on any atom is -0.459 e. The minimum absolute atomic E-state index is 0.144. The van der Waals surface area contributed by atoms with Crippen molar-refractivity contribution in [3.63, 3.8) is 0 Å². The summed E-state index contributed by atoms with van der Waals surface area (Å²) in [5, 5.41) is 5.03. The Morgan fingerprint density at radius 3 is 2.57 bits per heavy atom. The zero-order chi connectivity index (χ0) is 15.8. The molecule has 1 amide bonds. The molecule has 0 fully saturated rings. The van der Waals surface area contributed by atoms with E-state index in [1.807, 2.05) is 67.6 Å². The molecule has 2 N–H and O–H groups in total. The van der Waals surface area contributed by atoms with E-state index in [0.29, 0.717) is 5.69 Å². The number of benzene rings is 2. The Labute approximate surface area is 133 Å². The Morgan fingerprint density at radius 2 is 1.78 bits per heavy atom. The lowest BCUT2D eigenvalue weighted by Gasteiger charge is -2.10. The van der Waals surface area contributed by atoms with Gasteiger partial charge in [0.05, 0.1) is 6.04 Å². The van der Waals surface area contributed by atoms with Crippen molar-refractivity contribution in [1.29, 1.82) is 0 Å². The molecule has 1 atom stereocenters. The Bertz CT molecular complexity index is 931. The summed E-state index contributed by atoms with van der Waals surface area (Å²) < 4.78 is 5.80. The number of aromatic nitrogens is 1. The fourth-order valence-electron chi connectivity index (χ4n) is 2.76. The third kappa shape index (κ3) is 2.48. The molecule has 0 spiro atoms. The van der Waals surface area contributed by atoms with Gasteiger partial charge in [-0.3, -0.25) is 4.79 Å². The second-order valence-corrected chi connectivity index (χ2v) is 5.65. The van der Waals surface area contributed by atoms with Crippen LogP contribution in [0.3, 0.4) is 0 Å². The van der Waals surface area contributed by atoms with Crippen molar-refractivity contribution < 1.29 is 9.21 Å². The maximum absolute atomic E-state index is 12.4. The molecule has 4 aromatic rings. The highest BCUT2D eigenvalue weighted by Crippen LogP contribution is 2.24. The number of carbonyl (C=O) groups excluding carboxylic acids is 1. The van der Waals surface area contributed by atoms with Crippen LogP contribution in [0.15, 0.2) is 65.1 Å². The molecular formula is C19H16N2O2. The van der Waals surface area contributed by atoms with E-state index in [2.05, 4.69) is 10.3 Å². The number of aromatic amines is 1. The summed E-state index contributed by atoms with van der Waals surface area (Å²) in [4.78, 5) is 15.6. The third-order valence-corrected chi connectivity index (χ3v) is 3.99. The van der Waals surface area contributed by atoms with Gasteiger partial charge in [0.25, 0.3) is 5.91 Å². The SMILES string of the molecule is C[C@@H](NC(=O)c1cc2ccccc2[nH]1)c1cc2ccccc2o1. The van der Waals surface area contributed by atoms with Crippen LogP contribution in [0.2, 0.25) is 0 Å². The van der Waals surface area contributed by atoms with E-state index in [4.69, 9.17) is 4.42 Å². The fraction of sp³-hybridized carbons (Fsp3) is 0.105. The van der Waals surface area contributed by atoms with Crippen molar-refractivity contribution in [3.05, 3.63) is 72.1 Å². The van der Waals surface area contributed by atoms with Gasteiger partial charge in [-0.25, -0.2) is 0 Å². The van der Waals surface area contributed by atoms with E-state index >= 15 is 0 Å². The molecule has 114 valence electrons. The average molecular weight is 304 g/mol. The second-order valence-electron chi connectivity index (χ2n) is 5.65. The summed E-state index contributed by atoms with van der Waals surface area (Å²) in [6.07, 6.45) is 0. The molecule has 0 saturated heterocycles. The van der Waals surface area contributed by atoms with Crippen LogP contribution in [0.4, 0.5) is 0 Å². The summed E-state index contributed by atoms with van der Waals surface area (Å²) in [6, 6.07) is 19.3. The number of nitrogens with one attached hydrogen (secondary N) is 2. The molecule has 2 aromatic carbocycles. The molecule has 0 bridgehead atoms. The number of amides is 1. The first-order valence-electron chi connectivity index (χ1n) is 7.58. The molecule has 0 aliphatic carbocycles. The van der Waals surface area contributed by atoms with Crippen molar-refractivity contribution >= 4 is 27.8 Å². The highest BCUT2D eigenvalue weighted by molar-refractivity contribution is 5.98. The molecule has 4 nitrogen and oxygen atoms in total. The Balaban J connectivity index is 1.57. The number of hydrogen-bond donors (Lipinski definition) is 2. The number of para-hydroxylation sites is 2. The van der Waals surface area contributed by atoms with Gasteiger partial charge in [0.1, 0.15) is 17.0 Å². The standard InChI is InChI=1S/C19H16N2O2/c1-12(18-11-14-7-3-5-9-17(14)23-18)20-19(22)16-10-13-6-2-4-8-15(13)21-16/h2-12,21H,1H3,(H,20,22)/t12-/m1/s1. The summed E-state index contributed by atoms with van der Waals surface area (Å²) in [5.41, 5.74) is 2.33. The van der Waals surface area contributed by atoms with E-state index in [1.54, 1.807) is 0 Å². The smallest absolute Gasteiger partial charge is 0.268 e. The van der Waals surface area contributed by atoms with E-state index < -0.39 is 0 Å². The first-order chi connectivity index (χ1) is 11.2. The van der Waals surface area contributed by atoms with Crippen LogP contribution in [0.1, 0.15) is 29.2 Å².